The Morgan fingerprint density at radius 2 is 1.86 bits per heavy atom. The molecule has 4 rings (SSSR count). The number of rotatable bonds is 5. The summed E-state index contributed by atoms with van der Waals surface area (Å²) < 4.78 is 0. The summed E-state index contributed by atoms with van der Waals surface area (Å²) in [4.78, 5) is 66.4. The lowest BCUT2D eigenvalue weighted by atomic mass is 10.0. The number of piperidine rings is 1. The predicted octanol–water partition coefficient (Wildman–Crippen LogP) is 1.70. The molecule has 1 aromatic heterocycles. The first-order valence-corrected chi connectivity index (χ1v) is 12.3. The van der Waals surface area contributed by atoms with Crippen LogP contribution in [0.3, 0.4) is 0 Å². The molecule has 0 bridgehead atoms. The Hall–Kier alpha value is -3.73. The molecule has 2 atom stereocenters. The van der Waals surface area contributed by atoms with Gasteiger partial charge in [-0.15, -0.1) is 11.3 Å². The van der Waals surface area contributed by atoms with Crippen molar-refractivity contribution in [3.05, 3.63) is 52.2 Å². The van der Waals surface area contributed by atoms with E-state index in [9.17, 15) is 24.0 Å². The largest absolute Gasteiger partial charge is 0.354 e. The number of anilines is 1. The number of Topliss-reactive ketones (excluding diaryl/α,β-unsaturated/α-hetero) is 1. The van der Waals surface area contributed by atoms with Gasteiger partial charge < -0.3 is 25.8 Å². The standard InChI is InChI=1S/C24H27N5O5S/c1-15(30)16-6-8-17(9-7-16)26-24(34)28-11-12-29(23(33)20-5-3-13-35-20)19(14-28)22(32)27-18-4-2-10-25-21(18)31/h3,5-9,13,18-19H,2,4,10-12,14H2,1H3,(H,25,31)(H,26,34)(H,27,32). The number of carbonyl (C=O) groups is 5. The lowest BCUT2D eigenvalue weighted by molar-refractivity contribution is -0.133. The normalized spacial score (nSPS) is 20.1. The zero-order valence-corrected chi connectivity index (χ0v) is 20.1. The Balaban J connectivity index is 1.48. The third-order valence-corrected chi connectivity index (χ3v) is 6.97. The molecule has 2 aliphatic heterocycles. The van der Waals surface area contributed by atoms with Gasteiger partial charge in [-0.05, 0) is 55.5 Å². The molecule has 2 aliphatic rings. The number of hydrogen-bond acceptors (Lipinski definition) is 6. The van der Waals surface area contributed by atoms with E-state index in [2.05, 4.69) is 16.0 Å². The molecule has 5 amide bonds. The third-order valence-electron chi connectivity index (χ3n) is 6.11. The van der Waals surface area contributed by atoms with Crippen LogP contribution in [-0.4, -0.2) is 77.6 Å². The van der Waals surface area contributed by atoms with Crippen LogP contribution in [0, 0.1) is 0 Å². The number of nitrogens with zero attached hydrogens (tertiary/aromatic N) is 2. The zero-order valence-electron chi connectivity index (χ0n) is 19.3. The van der Waals surface area contributed by atoms with Gasteiger partial charge >= 0.3 is 6.03 Å². The average molecular weight is 498 g/mol. The average Bonchev–Trinajstić information content (AvgIpc) is 3.40. The van der Waals surface area contributed by atoms with E-state index in [0.29, 0.717) is 29.1 Å². The van der Waals surface area contributed by atoms with Gasteiger partial charge in [0, 0.05) is 30.9 Å². The lowest BCUT2D eigenvalue weighted by Gasteiger charge is -2.40. The highest BCUT2D eigenvalue weighted by Gasteiger charge is 2.39. The first-order chi connectivity index (χ1) is 16.8. The van der Waals surface area contributed by atoms with Gasteiger partial charge in [0.25, 0.3) is 5.91 Å². The van der Waals surface area contributed by atoms with Gasteiger partial charge in [-0.1, -0.05) is 6.07 Å². The van der Waals surface area contributed by atoms with Crippen molar-refractivity contribution in [2.45, 2.75) is 31.8 Å². The Morgan fingerprint density at radius 3 is 2.51 bits per heavy atom. The molecular formula is C24H27N5O5S. The first-order valence-electron chi connectivity index (χ1n) is 11.4. The Bertz CT molecular complexity index is 1120. The molecule has 184 valence electrons. The minimum atomic E-state index is -0.945. The number of nitrogens with one attached hydrogen (secondary N) is 3. The zero-order chi connectivity index (χ0) is 24.9. The Morgan fingerprint density at radius 1 is 1.09 bits per heavy atom. The minimum Gasteiger partial charge on any atom is -0.354 e. The van der Waals surface area contributed by atoms with Crippen LogP contribution in [-0.2, 0) is 9.59 Å². The first kappa shape index (κ1) is 24.4. The van der Waals surface area contributed by atoms with E-state index in [0.717, 1.165) is 6.42 Å². The number of amides is 5. The van der Waals surface area contributed by atoms with E-state index in [1.165, 1.54) is 28.1 Å². The molecule has 35 heavy (non-hydrogen) atoms. The van der Waals surface area contributed by atoms with Gasteiger partial charge in [-0.2, -0.15) is 0 Å². The number of thiophene rings is 1. The molecule has 0 spiro atoms. The highest BCUT2D eigenvalue weighted by Crippen LogP contribution is 2.20. The van der Waals surface area contributed by atoms with Gasteiger partial charge in [0.1, 0.15) is 12.1 Å². The second-order valence-electron chi connectivity index (χ2n) is 8.50. The van der Waals surface area contributed by atoms with Crippen molar-refractivity contribution in [2.75, 3.05) is 31.5 Å². The fourth-order valence-electron chi connectivity index (χ4n) is 4.15. The molecule has 0 saturated carbocycles. The minimum absolute atomic E-state index is 0.0192. The smallest absolute Gasteiger partial charge is 0.321 e. The second kappa shape index (κ2) is 10.7. The van der Waals surface area contributed by atoms with Gasteiger partial charge in [0.2, 0.25) is 11.8 Å². The van der Waals surface area contributed by atoms with Crippen LogP contribution in [0.15, 0.2) is 41.8 Å². The van der Waals surface area contributed by atoms with Crippen molar-refractivity contribution in [1.82, 2.24) is 20.4 Å². The molecule has 3 heterocycles. The molecule has 10 nitrogen and oxygen atoms in total. The van der Waals surface area contributed by atoms with Gasteiger partial charge in [0.05, 0.1) is 11.4 Å². The quantitative estimate of drug-likeness (QED) is 0.542. The lowest BCUT2D eigenvalue weighted by Crippen LogP contribution is -2.64. The molecule has 2 saturated heterocycles. The summed E-state index contributed by atoms with van der Waals surface area (Å²) >= 11 is 1.28. The SMILES string of the molecule is CC(=O)c1ccc(NC(=O)N2CCN(C(=O)c3cccs3)C(C(=O)NC3CCCNC3=O)C2)cc1. The summed E-state index contributed by atoms with van der Waals surface area (Å²) in [6, 6.07) is 7.95. The van der Waals surface area contributed by atoms with E-state index in [4.69, 9.17) is 0 Å². The van der Waals surface area contributed by atoms with Crippen LogP contribution < -0.4 is 16.0 Å². The fourth-order valence-corrected chi connectivity index (χ4v) is 4.82. The molecule has 2 fully saturated rings. The number of carbonyl (C=O) groups excluding carboxylic acids is 5. The number of piperazine rings is 1. The third kappa shape index (κ3) is 5.68. The molecule has 11 heteroatoms. The van der Waals surface area contributed by atoms with Gasteiger partial charge in [0.15, 0.2) is 5.78 Å². The molecule has 1 aromatic carbocycles. The number of hydrogen-bond donors (Lipinski definition) is 3. The fraction of sp³-hybridized carbons (Fsp3) is 0.375. The summed E-state index contributed by atoms with van der Waals surface area (Å²) in [5.41, 5.74) is 1.05. The number of benzene rings is 1. The summed E-state index contributed by atoms with van der Waals surface area (Å²) in [6.07, 6.45) is 1.26. The maximum absolute atomic E-state index is 13.3. The van der Waals surface area contributed by atoms with Crippen LogP contribution >= 0.6 is 11.3 Å². The Kier molecular flexibility index (Phi) is 7.45. The topological polar surface area (TPSA) is 128 Å². The van der Waals surface area contributed by atoms with Crippen molar-refractivity contribution in [3.63, 3.8) is 0 Å². The molecule has 0 aliphatic carbocycles. The van der Waals surface area contributed by atoms with E-state index >= 15 is 0 Å². The van der Waals surface area contributed by atoms with Crippen molar-refractivity contribution in [2.24, 2.45) is 0 Å². The van der Waals surface area contributed by atoms with Crippen molar-refractivity contribution >= 4 is 46.6 Å². The van der Waals surface area contributed by atoms with Crippen LogP contribution in [0.5, 0.6) is 0 Å². The summed E-state index contributed by atoms with van der Waals surface area (Å²) in [5.74, 6) is -1.08. The van der Waals surface area contributed by atoms with Crippen molar-refractivity contribution < 1.29 is 24.0 Å². The van der Waals surface area contributed by atoms with E-state index in [1.54, 1.807) is 41.8 Å². The number of ketones is 1. The van der Waals surface area contributed by atoms with Crippen molar-refractivity contribution in [3.8, 4) is 0 Å². The van der Waals surface area contributed by atoms with Crippen LogP contribution in [0.4, 0.5) is 10.5 Å². The maximum atomic E-state index is 13.3. The summed E-state index contributed by atoms with van der Waals surface area (Å²) in [5, 5.41) is 10.1. The highest BCUT2D eigenvalue weighted by molar-refractivity contribution is 7.12. The second-order valence-corrected chi connectivity index (χ2v) is 9.44. The molecule has 2 unspecified atom stereocenters. The monoisotopic (exact) mass is 497 g/mol. The molecule has 0 radical (unpaired) electrons. The van der Waals surface area contributed by atoms with E-state index in [1.807, 2.05) is 0 Å². The highest BCUT2D eigenvalue weighted by atomic mass is 32.1. The van der Waals surface area contributed by atoms with E-state index in [-0.39, 0.29) is 37.2 Å². The van der Waals surface area contributed by atoms with Gasteiger partial charge in [-0.3, -0.25) is 19.2 Å². The maximum Gasteiger partial charge on any atom is 0.321 e. The van der Waals surface area contributed by atoms with Crippen LogP contribution in [0.25, 0.3) is 0 Å². The van der Waals surface area contributed by atoms with Crippen LogP contribution in [0.2, 0.25) is 0 Å². The number of urea groups is 1. The van der Waals surface area contributed by atoms with E-state index < -0.39 is 24.0 Å². The summed E-state index contributed by atoms with van der Waals surface area (Å²) in [6.45, 7) is 2.42. The van der Waals surface area contributed by atoms with Gasteiger partial charge in [-0.25, -0.2) is 4.79 Å². The molecule has 3 N–H and O–H groups in total. The van der Waals surface area contributed by atoms with Crippen molar-refractivity contribution in [1.29, 1.82) is 0 Å². The molecular weight excluding hydrogens is 470 g/mol. The summed E-state index contributed by atoms with van der Waals surface area (Å²) in [7, 11) is 0. The van der Waals surface area contributed by atoms with Crippen LogP contribution in [0.1, 0.15) is 39.8 Å². The predicted molar refractivity (Wildman–Crippen MR) is 130 cm³/mol. The molecule has 2 aromatic rings. The Labute approximate surface area is 206 Å².